The molecule has 0 radical (unpaired) electrons. The van der Waals surface area contributed by atoms with Crippen LogP contribution in [0.5, 0.6) is 0 Å². The molecular formula is C22H20F2N2O3S. The largest absolute Gasteiger partial charge is 0.462 e. The van der Waals surface area contributed by atoms with Crippen LogP contribution in [0, 0.1) is 11.6 Å². The van der Waals surface area contributed by atoms with E-state index in [1.165, 1.54) is 24.3 Å². The molecule has 1 aliphatic heterocycles. The van der Waals surface area contributed by atoms with Crippen molar-refractivity contribution in [3.63, 3.8) is 0 Å². The van der Waals surface area contributed by atoms with Gasteiger partial charge in [-0.05, 0) is 47.9 Å². The van der Waals surface area contributed by atoms with Crippen LogP contribution in [0.1, 0.15) is 16.8 Å². The maximum absolute atomic E-state index is 13.9. The van der Waals surface area contributed by atoms with Crippen molar-refractivity contribution in [3.05, 3.63) is 70.9 Å². The molecule has 0 aliphatic carbocycles. The van der Waals surface area contributed by atoms with E-state index < -0.39 is 5.97 Å². The molecule has 3 aromatic rings. The van der Waals surface area contributed by atoms with E-state index in [-0.39, 0.29) is 31.4 Å². The maximum atomic E-state index is 13.9. The maximum Gasteiger partial charge on any atom is 0.326 e. The van der Waals surface area contributed by atoms with Crippen LogP contribution in [0.3, 0.4) is 0 Å². The summed E-state index contributed by atoms with van der Waals surface area (Å²) in [5.74, 6) is -1.16. The molecule has 30 heavy (non-hydrogen) atoms. The number of aliphatic hydroxyl groups is 1. The normalized spacial score (nSPS) is 13.6. The van der Waals surface area contributed by atoms with Crippen molar-refractivity contribution in [1.29, 1.82) is 0 Å². The van der Waals surface area contributed by atoms with Crippen LogP contribution in [0.15, 0.2) is 42.5 Å². The lowest BCUT2D eigenvalue weighted by molar-refractivity contribution is -0.145. The highest BCUT2D eigenvalue weighted by Gasteiger charge is 2.29. The molecule has 2 heterocycles. The predicted octanol–water partition coefficient (Wildman–Crippen LogP) is 3.19. The second-order valence-corrected chi connectivity index (χ2v) is 7.51. The van der Waals surface area contributed by atoms with Crippen LogP contribution in [0.2, 0.25) is 0 Å². The summed E-state index contributed by atoms with van der Waals surface area (Å²) in [6, 6.07) is 10.7. The number of nitrogens with zero attached hydrogens (tertiary/aromatic N) is 2. The number of benzene rings is 2. The Balaban J connectivity index is 1.71. The van der Waals surface area contributed by atoms with Crippen LogP contribution in [-0.2, 0) is 29.0 Å². The Kier molecular flexibility index (Phi) is 5.78. The molecule has 0 amide bonds. The van der Waals surface area contributed by atoms with Gasteiger partial charge in [-0.1, -0.05) is 24.4 Å². The zero-order valence-corrected chi connectivity index (χ0v) is 16.9. The van der Waals surface area contributed by atoms with Crippen molar-refractivity contribution in [1.82, 2.24) is 9.47 Å². The summed E-state index contributed by atoms with van der Waals surface area (Å²) in [4.78, 5) is 14.8. The molecular weight excluding hydrogens is 410 g/mol. The third-order valence-electron chi connectivity index (χ3n) is 5.18. The highest BCUT2D eigenvalue weighted by Crippen LogP contribution is 2.32. The number of thiocarbonyl (C=S) groups is 1. The molecule has 0 fully saturated rings. The highest BCUT2D eigenvalue weighted by molar-refractivity contribution is 7.80. The standard InChI is InChI=1S/C22H20F2N2O3S/c23-15-3-1-14(2-4-15)12-25-8-7-17-18-11-16(24)5-6-19(18)26(21(17)22(25)30)13-20(28)29-10-9-27/h1-6,11,27H,7-10,12-13H2. The number of hydrogen-bond donors (Lipinski definition) is 1. The minimum Gasteiger partial charge on any atom is -0.462 e. The van der Waals surface area contributed by atoms with Gasteiger partial charge in [0.05, 0.1) is 12.3 Å². The fourth-order valence-corrected chi connectivity index (χ4v) is 4.24. The van der Waals surface area contributed by atoms with Gasteiger partial charge in [0, 0.05) is 24.0 Å². The summed E-state index contributed by atoms with van der Waals surface area (Å²) < 4.78 is 33.9. The summed E-state index contributed by atoms with van der Waals surface area (Å²) in [6.45, 7) is 0.695. The fraction of sp³-hybridized carbons (Fsp3) is 0.273. The van der Waals surface area contributed by atoms with Crippen LogP contribution in [0.4, 0.5) is 8.78 Å². The van der Waals surface area contributed by atoms with E-state index in [2.05, 4.69) is 0 Å². The Bertz CT molecular complexity index is 1110. The van der Waals surface area contributed by atoms with Crippen LogP contribution in [-0.4, -0.2) is 45.3 Å². The average Bonchev–Trinajstić information content (AvgIpc) is 3.03. The quantitative estimate of drug-likeness (QED) is 0.481. The van der Waals surface area contributed by atoms with Crippen LogP contribution < -0.4 is 0 Å². The number of carbonyl (C=O) groups excluding carboxylic acids is 1. The highest BCUT2D eigenvalue weighted by atomic mass is 32.1. The number of carbonyl (C=O) groups is 1. The van der Waals surface area contributed by atoms with Gasteiger partial charge in [0.1, 0.15) is 29.8 Å². The topological polar surface area (TPSA) is 54.7 Å². The number of ether oxygens (including phenoxy) is 1. The van der Waals surface area contributed by atoms with Crippen molar-refractivity contribution in [3.8, 4) is 0 Å². The van der Waals surface area contributed by atoms with E-state index in [1.54, 1.807) is 22.8 Å². The Labute approximate surface area is 177 Å². The summed E-state index contributed by atoms with van der Waals surface area (Å²) in [5.41, 5.74) is 3.21. The van der Waals surface area contributed by atoms with E-state index >= 15 is 0 Å². The van der Waals surface area contributed by atoms with Gasteiger partial charge in [0.25, 0.3) is 0 Å². The van der Waals surface area contributed by atoms with Gasteiger partial charge in [-0.2, -0.15) is 0 Å². The van der Waals surface area contributed by atoms with E-state index in [4.69, 9.17) is 22.1 Å². The summed E-state index contributed by atoms with van der Waals surface area (Å²) in [7, 11) is 0. The zero-order chi connectivity index (χ0) is 21.3. The van der Waals surface area contributed by atoms with Crippen LogP contribution >= 0.6 is 12.2 Å². The molecule has 0 atom stereocenters. The SMILES string of the molecule is O=C(Cn1c2c(c3cc(F)ccc31)CCN(Cc1ccc(F)cc1)C2=S)OCCO. The molecule has 4 rings (SSSR count). The first-order valence-electron chi connectivity index (χ1n) is 9.58. The molecule has 0 saturated carbocycles. The van der Waals surface area contributed by atoms with Crippen molar-refractivity contribution >= 4 is 34.1 Å². The zero-order valence-electron chi connectivity index (χ0n) is 16.1. The molecule has 1 N–H and O–H groups in total. The van der Waals surface area contributed by atoms with Gasteiger partial charge in [-0.25, -0.2) is 8.78 Å². The molecule has 0 bridgehead atoms. The predicted molar refractivity (Wildman–Crippen MR) is 112 cm³/mol. The number of fused-ring (bicyclic) bond motifs is 3. The number of rotatable bonds is 6. The Morgan fingerprint density at radius 2 is 1.87 bits per heavy atom. The molecule has 1 aromatic heterocycles. The first kappa shape index (κ1) is 20.4. The lowest BCUT2D eigenvalue weighted by Crippen LogP contribution is -2.38. The summed E-state index contributed by atoms with van der Waals surface area (Å²) >= 11 is 5.75. The molecule has 5 nitrogen and oxygen atoms in total. The van der Waals surface area contributed by atoms with Gasteiger partial charge in [-0.3, -0.25) is 4.79 Å². The van der Waals surface area contributed by atoms with Gasteiger partial charge in [0.2, 0.25) is 0 Å². The first-order valence-corrected chi connectivity index (χ1v) is 9.99. The molecule has 2 aromatic carbocycles. The smallest absolute Gasteiger partial charge is 0.326 e. The van der Waals surface area contributed by atoms with E-state index in [0.717, 1.165) is 16.5 Å². The second-order valence-electron chi connectivity index (χ2n) is 7.12. The van der Waals surface area contributed by atoms with E-state index in [0.29, 0.717) is 35.7 Å². The Hall–Kier alpha value is -2.84. The van der Waals surface area contributed by atoms with Crippen molar-refractivity contribution in [2.45, 2.75) is 19.5 Å². The van der Waals surface area contributed by atoms with Gasteiger partial charge in [0.15, 0.2) is 0 Å². The lowest BCUT2D eigenvalue weighted by Gasteiger charge is -2.31. The minimum atomic E-state index is -0.508. The molecule has 0 saturated heterocycles. The summed E-state index contributed by atoms with van der Waals surface area (Å²) in [5, 5.41) is 9.62. The Morgan fingerprint density at radius 3 is 2.60 bits per heavy atom. The number of halogens is 2. The number of hydrogen-bond acceptors (Lipinski definition) is 4. The van der Waals surface area contributed by atoms with Crippen molar-refractivity contribution < 1.29 is 23.4 Å². The number of aliphatic hydroxyl groups excluding tert-OH is 1. The van der Waals surface area contributed by atoms with Gasteiger partial charge in [-0.15, -0.1) is 0 Å². The molecule has 0 unspecified atom stereocenters. The molecule has 1 aliphatic rings. The first-order chi connectivity index (χ1) is 14.5. The molecule has 8 heteroatoms. The van der Waals surface area contributed by atoms with Crippen molar-refractivity contribution in [2.75, 3.05) is 19.8 Å². The van der Waals surface area contributed by atoms with Crippen molar-refractivity contribution in [2.24, 2.45) is 0 Å². The second kappa shape index (κ2) is 8.49. The Morgan fingerprint density at radius 1 is 1.13 bits per heavy atom. The van der Waals surface area contributed by atoms with Crippen LogP contribution in [0.25, 0.3) is 10.9 Å². The lowest BCUT2D eigenvalue weighted by atomic mass is 10.0. The third-order valence-corrected chi connectivity index (χ3v) is 5.63. The monoisotopic (exact) mass is 430 g/mol. The van der Waals surface area contributed by atoms with Gasteiger partial charge >= 0.3 is 5.97 Å². The third kappa shape index (κ3) is 3.93. The number of aromatic nitrogens is 1. The van der Waals surface area contributed by atoms with E-state index in [9.17, 15) is 13.6 Å². The fourth-order valence-electron chi connectivity index (χ4n) is 3.85. The minimum absolute atomic E-state index is 0.0873. The van der Waals surface area contributed by atoms with E-state index in [1.807, 2.05) is 4.90 Å². The summed E-state index contributed by atoms with van der Waals surface area (Å²) in [6.07, 6.45) is 0.634. The average molecular weight is 430 g/mol. The number of esters is 1. The van der Waals surface area contributed by atoms with Gasteiger partial charge < -0.3 is 19.3 Å². The molecule has 156 valence electrons. The molecule has 0 spiro atoms.